The van der Waals surface area contributed by atoms with Crippen molar-refractivity contribution in [1.29, 1.82) is 0 Å². The van der Waals surface area contributed by atoms with E-state index in [-0.39, 0.29) is 28.1 Å². The van der Waals surface area contributed by atoms with E-state index in [2.05, 4.69) is 54.8 Å². The standard InChI is InChI=1S/C26H27N7O3/c1-14(16-10-17(13-34)23(35)28-12-16)20-19-22(32-31-20)29-25(30-24(19)36)33-8-6-26(7-9-33)11-15-4-2-3-5-18(15)21(26)27/h2-5,10,12,21,34H,1,6-9,11,13,27H2,(H,28,35)(H2,29,30,31,32,36)/t21-/m1/s1. The summed E-state index contributed by atoms with van der Waals surface area (Å²) >= 11 is 0. The fourth-order valence-corrected chi connectivity index (χ4v) is 5.72. The molecule has 36 heavy (non-hydrogen) atoms. The first kappa shape index (κ1) is 22.4. The summed E-state index contributed by atoms with van der Waals surface area (Å²) in [5.74, 6) is 0.499. The highest BCUT2D eigenvalue weighted by Gasteiger charge is 2.46. The predicted molar refractivity (Wildman–Crippen MR) is 137 cm³/mol. The number of benzene rings is 1. The predicted octanol–water partition coefficient (Wildman–Crippen LogP) is 1.73. The molecule has 0 radical (unpaired) electrons. The number of aromatic nitrogens is 5. The quantitative estimate of drug-likeness (QED) is 0.295. The topological polar surface area (TPSA) is 157 Å². The van der Waals surface area contributed by atoms with Gasteiger partial charge in [0.1, 0.15) is 11.1 Å². The monoisotopic (exact) mass is 485 g/mol. The van der Waals surface area contributed by atoms with Gasteiger partial charge in [0, 0.05) is 36.5 Å². The van der Waals surface area contributed by atoms with Crippen LogP contribution in [0.5, 0.6) is 0 Å². The van der Waals surface area contributed by atoms with E-state index in [1.807, 2.05) is 6.07 Å². The number of piperidine rings is 1. The Hall–Kier alpha value is -4.02. The third-order valence-electron chi connectivity index (χ3n) is 7.85. The third-order valence-corrected chi connectivity index (χ3v) is 7.85. The summed E-state index contributed by atoms with van der Waals surface area (Å²) in [5.41, 5.74) is 10.5. The molecule has 0 bridgehead atoms. The molecule has 4 aromatic rings. The van der Waals surface area contributed by atoms with Crippen molar-refractivity contribution >= 4 is 22.6 Å². The Balaban J connectivity index is 1.26. The molecule has 6 rings (SSSR count). The maximum absolute atomic E-state index is 13.1. The van der Waals surface area contributed by atoms with E-state index in [9.17, 15) is 14.7 Å². The lowest BCUT2D eigenvalue weighted by molar-refractivity contribution is 0.187. The normalized spacial score (nSPS) is 18.6. The number of aliphatic hydroxyl groups excluding tert-OH is 1. The van der Waals surface area contributed by atoms with Gasteiger partial charge >= 0.3 is 0 Å². The molecule has 184 valence electrons. The molecule has 1 aliphatic heterocycles. The molecule has 1 atom stereocenters. The summed E-state index contributed by atoms with van der Waals surface area (Å²) in [6.07, 6.45) is 4.29. The Labute approximate surface area is 205 Å². The highest BCUT2D eigenvalue weighted by atomic mass is 16.3. The van der Waals surface area contributed by atoms with E-state index in [0.717, 1.165) is 32.4 Å². The smallest absolute Gasteiger partial charge is 0.264 e. The van der Waals surface area contributed by atoms with Crippen molar-refractivity contribution in [2.75, 3.05) is 18.0 Å². The van der Waals surface area contributed by atoms with Crippen LogP contribution >= 0.6 is 0 Å². The zero-order chi connectivity index (χ0) is 25.0. The Morgan fingerprint density at radius 1 is 1.22 bits per heavy atom. The minimum absolute atomic E-state index is 0.0193. The van der Waals surface area contributed by atoms with E-state index in [1.54, 1.807) is 0 Å². The molecule has 0 unspecified atom stereocenters. The molecule has 1 aromatic carbocycles. The number of nitrogens with two attached hydrogens (primary N) is 1. The summed E-state index contributed by atoms with van der Waals surface area (Å²) in [6.45, 7) is 5.13. The van der Waals surface area contributed by atoms with Crippen molar-refractivity contribution in [3.05, 3.63) is 91.8 Å². The lowest BCUT2D eigenvalue weighted by Gasteiger charge is -2.42. The number of fused-ring (bicyclic) bond motifs is 2. The van der Waals surface area contributed by atoms with Gasteiger partial charge in [0.25, 0.3) is 11.1 Å². The van der Waals surface area contributed by atoms with Gasteiger partial charge in [-0.15, -0.1) is 0 Å². The second kappa shape index (κ2) is 8.28. The Morgan fingerprint density at radius 2 is 2.00 bits per heavy atom. The number of hydrogen-bond donors (Lipinski definition) is 5. The van der Waals surface area contributed by atoms with Crippen molar-refractivity contribution in [1.82, 2.24) is 25.1 Å². The van der Waals surface area contributed by atoms with Crippen molar-refractivity contribution in [2.24, 2.45) is 11.1 Å². The van der Waals surface area contributed by atoms with Crippen molar-refractivity contribution in [3.63, 3.8) is 0 Å². The Morgan fingerprint density at radius 3 is 2.75 bits per heavy atom. The molecule has 4 heterocycles. The van der Waals surface area contributed by atoms with Crippen molar-refractivity contribution in [3.8, 4) is 0 Å². The average Bonchev–Trinajstić information content (AvgIpc) is 3.44. The van der Waals surface area contributed by atoms with Crippen LogP contribution in [0.15, 0.2) is 52.7 Å². The van der Waals surface area contributed by atoms with Gasteiger partial charge in [-0.3, -0.25) is 19.7 Å². The first-order chi connectivity index (χ1) is 17.4. The molecule has 10 heteroatoms. The molecule has 1 saturated heterocycles. The first-order valence-corrected chi connectivity index (χ1v) is 12.0. The van der Waals surface area contributed by atoms with Gasteiger partial charge in [0.15, 0.2) is 5.65 Å². The fraction of sp³-hybridized carbons (Fsp3) is 0.308. The van der Waals surface area contributed by atoms with E-state index in [4.69, 9.17) is 5.73 Å². The van der Waals surface area contributed by atoms with Gasteiger partial charge < -0.3 is 20.7 Å². The molecule has 3 aromatic heterocycles. The molecule has 0 amide bonds. The van der Waals surface area contributed by atoms with Gasteiger partial charge in [0.05, 0.1) is 6.61 Å². The van der Waals surface area contributed by atoms with Gasteiger partial charge in [-0.25, -0.2) is 0 Å². The zero-order valence-electron chi connectivity index (χ0n) is 19.7. The minimum Gasteiger partial charge on any atom is -0.391 e. The van der Waals surface area contributed by atoms with Crippen LogP contribution in [0.2, 0.25) is 0 Å². The molecule has 1 aliphatic carbocycles. The first-order valence-electron chi connectivity index (χ1n) is 12.0. The molecular weight excluding hydrogens is 458 g/mol. The van der Waals surface area contributed by atoms with Crippen LogP contribution < -0.4 is 21.8 Å². The maximum Gasteiger partial charge on any atom is 0.264 e. The number of hydrogen-bond acceptors (Lipinski definition) is 7. The van der Waals surface area contributed by atoms with E-state index in [0.29, 0.717) is 33.8 Å². The van der Waals surface area contributed by atoms with Gasteiger partial charge in [-0.1, -0.05) is 30.8 Å². The van der Waals surface area contributed by atoms with E-state index >= 15 is 0 Å². The maximum atomic E-state index is 13.1. The average molecular weight is 486 g/mol. The number of pyridine rings is 1. The molecule has 6 N–H and O–H groups in total. The van der Waals surface area contributed by atoms with Crippen LogP contribution in [0.1, 0.15) is 46.8 Å². The molecular formula is C26H27N7O3. The Kier molecular flexibility index (Phi) is 5.16. The van der Waals surface area contributed by atoms with Crippen LogP contribution in [0.25, 0.3) is 16.6 Å². The zero-order valence-corrected chi connectivity index (χ0v) is 19.7. The molecule has 1 fully saturated rings. The molecule has 10 nitrogen and oxygen atoms in total. The summed E-state index contributed by atoms with van der Waals surface area (Å²) in [6, 6.07) is 9.98. The number of H-pyrrole nitrogens is 3. The number of rotatable bonds is 4. The largest absolute Gasteiger partial charge is 0.391 e. The third kappa shape index (κ3) is 3.41. The van der Waals surface area contributed by atoms with Crippen LogP contribution in [0.3, 0.4) is 0 Å². The highest BCUT2D eigenvalue weighted by Crippen LogP contribution is 2.50. The molecule has 0 saturated carbocycles. The van der Waals surface area contributed by atoms with E-state index in [1.165, 1.54) is 23.4 Å². The lowest BCUT2D eigenvalue weighted by Crippen LogP contribution is -2.45. The second-order valence-electron chi connectivity index (χ2n) is 9.77. The van der Waals surface area contributed by atoms with Crippen LogP contribution in [-0.4, -0.2) is 43.3 Å². The van der Waals surface area contributed by atoms with Crippen molar-refractivity contribution in [2.45, 2.75) is 31.9 Å². The number of nitrogens with zero attached hydrogens (tertiary/aromatic N) is 3. The van der Waals surface area contributed by atoms with Crippen LogP contribution in [-0.2, 0) is 13.0 Å². The SMILES string of the molecule is C=C(c1c[nH]c(=O)c(CO)c1)c1n[nH]c2nc(N3CCC4(CC3)Cc3ccccc3[C@H]4N)[nH]c(=O)c12. The van der Waals surface area contributed by atoms with Crippen molar-refractivity contribution < 1.29 is 5.11 Å². The van der Waals surface area contributed by atoms with Crippen LogP contribution in [0, 0.1) is 5.41 Å². The number of anilines is 1. The summed E-state index contributed by atoms with van der Waals surface area (Å²) < 4.78 is 0. The molecule has 2 aliphatic rings. The number of aromatic amines is 3. The Bertz CT molecular complexity index is 1610. The number of aliphatic hydroxyl groups is 1. The summed E-state index contributed by atoms with van der Waals surface area (Å²) in [4.78, 5) is 37.2. The van der Waals surface area contributed by atoms with Crippen LogP contribution in [0.4, 0.5) is 5.95 Å². The highest BCUT2D eigenvalue weighted by molar-refractivity contribution is 5.92. The minimum atomic E-state index is -0.405. The second-order valence-corrected chi connectivity index (χ2v) is 9.77. The van der Waals surface area contributed by atoms with Gasteiger partial charge in [-0.2, -0.15) is 10.1 Å². The van der Waals surface area contributed by atoms with Gasteiger partial charge in [0.2, 0.25) is 5.95 Å². The fourth-order valence-electron chi connectivity index (χ4n) is 5.72. The van der Waals surface area contributed by atoms with E-state index < -0.39 is 6.61 Å². The summed E-state index contributed by atoms with van der Waals surface area (Å²) in [7, 11) is 0. The van der Waals surface area contributed by atoms with Gasteiger partial charge in [-0.05, 0) is 47.4 Å². The molecule has 1 spiro atoms. The summed E-state index contributed by atoms with van der Waals surface area (Å²) in [5, 5.41) is 16.8. The number of nitrogens with one attached hydrogen (secondary N) is 3. The lowest BCUT2D eigenvalue weighted by atomic mass is 9.73.